The smallest absolute Gasteiger partial charge is 0.429 e. The summed E-state index contributed by atoms with van der Waals surface area (Å²) in [7, 11) is 0. The van der Waals surface area contributed by atoms with Gasteiger partial charge in [-0.05, 0) is 19.1 Å². The van der Waals surface area contributed by atoms with Gasteiger partial charge in [0.05, 0.1) is 17.2 Å². The Bertz CT molecular complexity index is 1030. The van der Waals surface area contributed by atoms with E-state index in [0.717, 1.165) is 16.5 Å². The number of fused-ring (bicyclic) bond motifs is 1. The minimum atomic E-state index is -4.78. The number of benzene rings is 2. The normalized spacial score (nSPS) is 12.7. The summed E-state index contributed by atoms with van der Waals surface area (Å²) >= 11 is 0. The fraction of sp³-hybridized carbons (Fsp3) is 0.211. The largest absolute Gasteiger partial charge is 0.446 e. The molecule has 0 bridgehead atoms. The molecule has 1 unspecified atom stereocenters. The van der Waals surface area contributed by atoms with Crippen molar-refractivity contribution in [3.05, 3.63) is 76.3 Å². The van der Waals surface area contributed by atoms with Gasteiger partial charge in [0.1, 0.15) is 6.54 Å². The molecular weight excluding hydrogens is 361 g/mol. The van der Waals surface area contributed by atoms with E-state index in [-0.39, 0.29) is 10.9 Å². The third kappa shape index (κ3) is 4.16. The Balaban J connectivity index is 1.84. The first-order valence-corrected chi connectivity index (χ1v) is 8.02. The topological polar surface area (TPSA) is 61.2 Å². The van der Waals surface area contributed by atoms with Gasteiger partial charge in [-0.25, -0.2) is 4.98 Å². The van der Waals surface area contributed by atoms with E-state index in [1.807, 2.05) is 0 Å². The maximum atomic E-state index is 13.3. The van der Waals surface area contributed by atoms with Crippen LogP contribution in [-0.2, 0) is 16.1 Å². The first-order chi connectivity index (χ1) is 12.8. The molecule has 0 amide bonds. The maximum Gasteiger partial charge on any atom is 0.429 e. The SMILES string of the molecule is Cc1ccc(C(OC(=O)Cn2cnc3ccccc3c2=O)C(F)(F)F)cc1. The predicted octanol–water partition coefficient (Wildman–Crippen LogP) is 3.55. The predicted molar refractivity (Wildman–Crippen MR) is 92.1 cm³/mol. The molecule has 0 aliphatic rings. The van der Waals surface area contributed by atoms with E-state index in [9.17, 15) is 22.8 Å². The molecule has 1 aromatic heterocycles. The number of rotatable bonds is 4. The number of halogens is 3. The van der Waals surface area contributed by atoms with Crippen LogP contribution in [0, 0.1) is 6.92 Å². The summed E-state index contributed by atoms with van der Waals surface area (Å²) in [6.45, 7) is 1.06. The van der Waals surface area contributed by atoms with E-state index in [0.29, 0.717) is 5.52 Å². The molecule has 8 heteroatoms. The Morgan fingerprint density at radius 2 is 1.81 bits per heavy atom. The van der Waals surface area contributed by atoms with E-state index in [4.69, 9.17) is 0 Å². The molecule has 3 rings (SSSR count). The van der Waals surface area contributed by atoms with Gasteiger partial charge in [-0.15, -0.1) is 0 Å². The van der Waals surface area contributed by atoms with Gasteiger partial charge < -0.3 is 4.74 Å². The highest BCUT2D eigenvalue weighted by Crippen LogP contribution is 2.36. The highest BCUT2D eigenvalue weighted by molar-refractivity contribution is 5.77. The molecule has 3 aromatic rings. The van der Waals surface area contributed by atoms with Crippen LogP contribution in [0.3, 0.4) is 0 Å². The second-order valence-corrected chi connectivity index (χ2v) is 6.02. The molecule has 0 saturated heterocycles. The van der Waals surface area contributed by atoms with Crippen molar-refractivity contribution in [3.63, 3.8) is 0 Å². The van der Waals surface area contributed by atoms with Crippen LogP contribution in [0.5, 0.6) is 0 Å². The van der Waals surface area contributed by atoms with Crippen molar-refractivity contribution < 1.29 is 22.7 Å². The molecule has 0 spiro atoms. The van der Waals surface area contributed by atoms with Crippen molar-refractivity contribution in [2.45, 2.75) is 25.7 Å². The summed E-state index contributed by atoms with van der Waals surface area (Å²) < 4.78 is 45.6. The number of carbonyl (C=O) groups is 1. The average molecular weight is 376 g/mol. The number of aromatic nitrogens is 2. The molecule has 1 heterocycles. The molecule has 0 radical (unpaired) electrons. The fourth-order valence-corrected chi connectivity index (χ4v) is 2.59. The monoisotopic (exact) mass is 376 g/mol. The second-order valence-electron chi connectivity index (χ2n) is 6.02. The molecule has 1 atom stereocenters. The molecular formula is C19H15F3N2O3. The Morgan fingerprint density at radius 3 is 2.48 bits per heavy atom. The van der Waals surface area contributed by atoms with Crippen LogP contribution in [-0.4, -0.2) is 21.7 Å². The van der Waals surface area contributed by atoms with Gasteiger partial charge in [-0.3, -0.25) is 14.2 Å². The van der Waals surface area contributed by atoms with Gasteiger partial charge in [0, 0.05) is 5.56 Å². The van der Waals surface area contributed by atoms with Crippen molar-refractivity contribution >= 4 is 16.9 Å². The highest BCUT2D eigenvalue weighted by atomic mass is 19.4. The van der Waals surface area contributed by atoms with Gasteiger partial charge in [-0.2, -0.15) is 13.2 Å². The average Bonchev–Trinajstić information content (AvgIpc) is 2.62. The highest BCUT2D eigenvalue weighted by Gasteiger charge is 2.44. The summed E-state index contributed by atoms with van der Waals surface area (Å²) in [5.74, 6) is -1.18. The Kier molecular flexibility index (Phi) is 4.98. The number of hydrogen-bond donors (Lipinski definition) is 0. The lowest BCUT2D eigenvalue weighted by Gasteiger charge is -2.21. The van der Waals surface area contributed by atoms with E-state index >= 15 is 0 Å². The summed E-state index contributed by atoms with van der Waals surface area (Å²) in [4.78, 5) is 28.5. The minimum Gasteiger partial charge on any atom is -0.446 e. The van der Waals surface area contributed by atoms with E-state index in [1.165, 1.54) is 30.3 Å². The van der Waals surface area contributed by atoms with Gasteiger partial charge in [0.2, 0.25) is 6.10 Å². The van der Waals surface area contributed by atoms with Crippen LogP contribution in [0.15, 0.2) is 59.7 Å². The van der Waals surface area contributed by atoms with Crippen molar-refractivity contribution in [3.8, 4) is 0 Å². The van der Waals surface area contributed by atoms with E-state index in [1.54, 1.807) is 25.1 Å². The summed E-state index contributed by atoms with van der Waals surface area (Å²) in [5, 5.41) is 0.263. The molecule has 140 valence electrons. The van der Waals surface area contributed by atoms with Crippen molar-refractivity contribution in [1.29, 1.82) is 0 Å². The molecule has 0 fully saturated rings. The molecule has 0 N–H and O–H groups in total. The second kappa shape index (κ2) is 7.22. The molecule has 0 aliphatic heterocycles. The summed E-state index contributed by atoms with van der Waals surface area (Å²) in [5.41, 5.74) is 0.488. The number of nitrogens with zero attached hydrogens (tertiary/aromatic N) is 2. The summed E-state index contributed by atoms with van der Waals surface area (Å²) in [6.07, 6.45) is -6.08. The molecule has 5 nitrogen and oxygen atoms in total. The molecule has 2 aromatic carbocycles. The number of para-hydroxylation sites is 1. The fourth-order valence-electron chi connectivity index (χ4n) is 2.59. The van der Waals surface area contributed by atoms with E-state index in [2.05, 4.69) is 9.72 Å². The van der Waals surface area contributed by atoms with Gasteiger partial charge in [-0.1, -0.05) is 42.0 Å². The van der Waals surface area contributed by atoms with E-state index < -0.39 is 30.4 Å². The van der Waals surface area contributed by atoms with Gasteiger partial charge in [0.25, 0.3) is 5.56 Å². The number of ether oxygens (including phenoxy) is 1. The third-order valence-corrected chi connectivity index (χ3v) is 3.96. The number of esters is 1. The first-order valence-electron chi connectivity index (χ1n) is 8.02. The zero-order chi connectivity index (χ0) is 19.6. The first kappa shape index (κ1) is 18.6. The number of carbonyl (C=O) groups excluding carboxylic acids is 1. The van der Waals surface area contributed by atoms with Gasteiger partial charge >= 0.3 is 12.1 Å². The van der Waals surface area contributed by atoms with Crippen molar-refractivity contribution in [2.75, 3.05) is 0 Å². The van der Waals surface area contributed by atoms with Gasteiger partial charge in [0.15, 0.2) is 0 Å². The zero-order valence-corrected chi connectivity index (χ0v) is 14.2. The zero-order valence-electron chi connectivity index (χ0n) is 14.2. The minimum absolute atomic E-state index is 0.189. The number of alkyl halides is 3. The van der Waals surface area contributed by atoms with Crippen LogP contribution in [0.1, 0.15) is 17.2 Å². The third-order valence-electron chi connectivity index (χ3n) is 3.96. The van der Waals surface area contributed by atoms with Crippen LogP contribution in [0.25, 0.3) is 10.9 Å². The lowest BCUT2D eigenvalue weighted by atomic mass is 10.1. The van der Waals surface area contributed by atoms with Crippen molar-refractivity contribution in [2.24, 2.45) is 0 Å². The van der Waals surface area contributed by atoms with Crippen LogP contribution in [0.2, 0.25) is 0 Å². The Hall–Kier alpha value is -3.16. The standard InChI is InChI=1S/C19H15F3N2O3/c1-12-6-8-13(9-7-12)17(19(20,21)22)27-16(25)10-24-11-23-15-5-3-2-4-14(15)18(24)26/h2-9,11,17H,10H2,1H3. The maximum absolute atomic E-state index is 13.3. The number of hydrogen-bond acceptors (Lipinski definition) is 4. The Morgan fingerprint density at radius 1 is 1.15 bits per heavy atom. The van der Waals surface area contributed by atoms with Crippen LogP contribution >= 0.6 is 0 Å². The van der Waals surface area contributed by atoms with Crippen LogP contribution in [0.4, 0.5) is 13.2 Å². The molecule has 0 saturated carbocycles. The van der Waals surface area contributed by atoms with Crippen molar-refractivity contribution in [1.82, 2.24) is 9.55 Å². The molecule has 0 aliphatic carbocycles. The quantitative estimate of drug-likeness (QED) is 0.654. The van der Waals surface area contributed by atoms with Crippen LogP contribution < -0.4 is 5.56 Å². The lowest BCUT2D eigenvalue weighted by Crippen LogP contribution is -2.30. The number of aryl methyl sites for hydroxylation is 1. The summed E-state index contributed by atoms with van der Waals surface area (Å²) in [6, 6.07) is 12.0. The molecule has 27 heavy (non-hydrogen) atoms. The Labute approximate surface area is 152 Å². The lowest BCUT2D eigenvalue weighted by molar-refractivity contribution is -0.224.